The van der Waals surface area contributed by atoms with Crippen molar-refractivity contribution in [1.82, 2.24) is 9.55 Å². The number of hydrogen-bond acceptors (Lipinski definition) is 5. The molecule has 0 unspecified atom stereocenters. The van der Waals surface area contributed by atoms with Crippen molar-refractivity contribution in [2.75, 3.05) is 0 Å². The van der Waals surface area contributed by atoms with Gasteiger partial charge in [0.25, 0.3) is 5.56 Å². The van der Waals surface area contributed by atoms with Crippen LogP contribution in [0, 0.1) is 12.7 Å². The Kier molecular flexibility index (Phi) is 5.38. The Morgan fingerprint density at radius 3 is 2.68 bits per heavy atom. The summed E-state index contributed by atoms with van der Waals surface area (Å²) >= 11 is 2.90. The van der Waals surface area contributed by atoms with Crippen molar-refractivity contribution in [3.05, 3.63) is 45.3 Å². The van der Waals surface area contributed by atoms with Crippen molar-refractivity contribution in [3.63, 3.8) is 0 Å². The van der Waals surface area contributed by atoms with E-state index < -0.39 is 0 Å². The number of Topliss-reactive ketones (excluding diaryl/α,β-unsaturated/α-hetero) is 1. The maximum atomic E-state index is 13.3. The van der Waals surface area contributed by atoms with Crippen LogP contribution in [0.1, 0.15) is 37.5 Å². The number of hydrogen-bond donors (Lipinski definition) is 0. The number of aromatic nitrogens is 2. The third-order valence-electron chi connectivity index (χ3n) is 5.15. The van der Waals surface area contributed by atoms with Gasteiger partial charge in [-0.15, -0.1) is 11.3 Å². The van der Waals surface area contributed by atoms with E-state index in [2.05, 4.69) is 0 Å². The second kappa shape index (κ2) is 7.79. The molecule has 1 fully saturated rings. The van der Waals surface area contributed by atoms with Gasteiger partial charge in [-0.05, 0) is 44.4 Å². The van der Waals surface area contributed by atoms with E-state index in [-0.39, 0.29) is 22.4 Å². The molecule has 28 heavy (non-hydrogen) atoms. The smallest absolute Gasteiger partial charge is 0.263 e. The maximum absolute atomic E-state index is 13.3. The molecule has 0 radical (unpaired) electrons. The second-order valence-corrected chi connectivity index (χ2v) is 9.36. The zero-order valence-electron chi connectivity index (χ0n) is 15.8. The van der Waals surface area contributed by atoms with Gasteiger partial charge in [0.15, 0.2) is 5.16 Å². The van der Waals surface area contributed by atoms with Crippen LogP contribution < -0.4 is 5.56 Å². The Balaban J connectivity index is 1.85. The van der Waals surface area contributed by atoms with Gasteiger partial charge in [-0.25, -0.2) is 9.37 Å². The van der Waals surface area contributed by atoms with Crippen molar-refractivity contribution in [1.29, 1.82) is 0 Å². The number of ketones is 1. The molecular weight excluding hydrogens is 395 g/mol. The largest absolute Gasteiger partial charge is 0.298 e. The topological polar surface area (TPSA) is 52.0 Å². The molecule has 1 atom stereocenters. The summed E-state index contributed by atoms with van der Waals surface area (Å²) in [4.78, 5) is 32.0. The van der Waals surface area contributed by atoms with Crippen molar-refractivity contribution >= 4 is 39.1 Å². The second-order valence-electron chi connectivity index (χ2n) is 6.98. The van der Waals surface area contributed by atoms with E-state index in [4.69, 9.17) is 4.98 Å². The van der Waals surface area contributed by atoms with E-state index in [1.807, 2.05) is 13.8 Å². The van der Waals surface area contributed by atoms with Crippen LogP contribution in [0.25, 0.3) is 21.3 Å². The lowest BCUT2D eigenvalue weighted by atomic mass is 9.99. The first-order valence-electron chi connectivity index (χ1n) is 9.48. The first-order valence-corrected chi connectivity index (χ1v) is 11.2. The molecule has 146 valence electrons. The SMILES string of the molecule is CCn1c(S[C@H]2CCCCC2=O)nc2sc(C)c(-c3ccc(F)cc3)c2c1=O. The molecule has 1 aromatic carbocycles. The van der Waals surface area contributed by atoms with Gasteiger partial charge in [0.2, 0.25) is 0 Å². The summed E-state index contributed by atoms with van der Waals surface area (Å²) in [6, 6.07) is 6.21. The molecule has 7 heteroatoms. The molecular formula is C21H21FN2O2S2. The molecule has 4 rings (SSSR count). The molecule has 0 aliphatic heterocycles. The average Bonchev–Trinajstić information content (AvgIpc) is 3.01. The summed E-state index contributed by atoms with van der Waals surface area (Å²) in [6.07, 6.45) is 3.44. The molecule has 1 saturated carbocycles. The van der Waals surface area contributed by atoms with Gasteiger partial charge in [-0.1, -0.05) is 30.3 Å². The molecule has 4 nitrogen and oxygen atoms in total. The summed E-state index contributed by atoms with van der Waals surface area (Å²) in [7, 11) is 0. The van der Waals surface area contributed by atoms with Crippen molar-refractivity contribution in [3.8, 4) is 11.1 Å². The Morgan fingerprint density at radius 1 is 1.25 bits per heavy atom. The summed E-state index contributed by atoms with van der Waals surface area (Å²) in [5.41, 5.74) is 1.54. The summed E-state index contributed by atoms with van der Waals surface area (Å²) in [5, 5.41) is 1.08. The highest BCUT2D eigenvalue weighted by Crippen LogP contribution is 2.38. The number of thiophene rings is 1. The van der Waals surface area contributed by atoms with E-state index in [1.165, 1.54) is 35.2 Å². The number of halogens is 1. The fraction of sp³-hybridized carbons (Fsp3) is 0.381. The number of carbonyl (C=O) groups is 1. The van der Waals surface area contributed by atoms with E-state index in [9.17, 15) is 14.0 Å². The molecule has 2 heterocycles. The van der Waals surface area contributed by atoms with Crippen LogP contribution in [0.3, 0.4) is 0 Å². The van der Waals surface area contributed by atoms with Crippen molar-refractivity contribution < 1.29 is 9.18 Å². The lowest BCUT2D eigenvalue weighted by Gasteiger charge is -2.20. The van der Waals surface area contributed by atoms with Gasteiger partial charge in [-0.2, -0.15) is 0 Å². The van der Waals surface area contributed by atoms with E-state index in [0.717, 1.165) is 35.3 Å². The number of thioether (sulfide) groups is 1. The number of aryl methyl sites for hydroxylation is 1. The third-order valence-corrected chi connectivity index (χ3v) is 7.45. The van der Waals surface area contributed by atoms with Crippen LogP contribution in [0.5, 0.6) is 0 Å². The maximum Gasteiger partial charge on any atom is 0.263 e. The lowest BCUT2D eigenvalue weighted by Crippen LogP contribution is -2.26. The highest BCUT2D eigenvalue weighted by Gasteiger charge is 2.26. The monoisotopic (exact) mass is 416 g/mol. The van der Waals surface area contributed by atoms with Crippen LogP contribution in [0.4, 0.5) is 4.39 Å². The molecule has 0 N–H and O–H groups in total. The van der Waals surface area contributed by atoms with E-state index >= 15 is 0 Å². The van der Waals surface area contributed by atoms with Crippen LogP contribution in [-0.2, 0) is 11.3 Å². The molecule has 3 aromatic rings. The quantitative estimate of drug-likeness (QED) is 0.549. The van der Waals surface area contributed by atoms with Crippen LogP contribution in [0.2, 0.25) is 0 Å². The fourth-order valence-electron chi connectivity index (χ4n) is 3.71. The number of carbonyl (C=O) groups excluding carboxylic acids is 1. The number of fused-ring (bicyclic) bond motifs is 1. The first kappa shape index (κ1) is 19.3. The number of benzene rings is 1. The van der Waals surface area contributed by atoms with E-state index in [0.29, 0.717) is 28.3 Å². The molecule has 1 aliphatic carbocycles. The predicted molar refractivity (Wildman–Crippen MR) is 113 cm³/mol. The van der Waals surface area contributed by atoms with Gasteiger partial charge in [-0.3, -0.25) is 14.2 Å². The predicted octanol–water partition coefficient (Wildman–Crippen LogP) is 5.20. The molecule has 0 bridgehead atoms. The normalized spacial score (nSPS) is 17.4. The van der Waals surface area contributed by atoms with Gasteiger partial charge >= 0.3 is 0 Å². The Bertz CT molecular complexity index is 1100. The minimum atomic E-state index is -0.305. The molecule has 1 aliphatic rings. The van der Waals surface area contributed by atoms with Gasteiger partial charge in [0.05, 0.1) is 10.6 Å². The standard InChI is InChI=1S/C21H21FN2O2S2/c1-3-24-20(26)18-17(13-8-10-14(22)11-9-13)12(2)27-19(18)23-21(24)28-16-7-5-4-6-15(16)25/h8-11,16H,3-7H2,1-2H3/t16-/m0/s1. The third kappa shape index (κ3) is 3.42. The zero-order chi connectivity index (χ0) is 19.8. The Hall–Kier alpha value is -1.99. The van der Waals surface area contributed by atoms with Gasteiger partial charge in [0.1, 0.15) is 16.4 Å². The highest BCUT2D eigenvalue weighted by molar-refractivity contribution is 8.00. The van der Waals surface area contributed by atoms with Gasteiger partial charge in [0, 0.05) is 23.4 Å². The number of nitrogens with zero attached hydrogens (tertiary/aromatic N) is 2. The minimum absolute atomic E-state index is 0.0954. The Labute approximate surface area is 170 Å². The fourth-order valence-corrected chi connectivity index (χ4v) is 6.08. The molecule has 2 aromatic heterocycles. The van der Waals surface area contributed by atoms with Gasteiger partial charge < -0.3 is 0 Å². The summed E-state index contributed by atoms with van der Waals surface area (Å²) in [6.45, 7) is 4.36. The van der Waals surface area contributed by atoms with Crippen molar-refractivity contribution in [2.24, 2.45) is 0 Å². The molecule has 0 spiro atoms. The van der Waals surface area contributed by atoms with Crippen LogP contribution in [-0.4, -0.2) is 20.6 Å². The van der Waals surface area contributed by atoms with E-state index in [1.54, 1.807) is 16.7 Å². The zero-order valence-corrected chi connectivity index (χ0v) is 17.5. The van der Waals surface area contributed by atoms with Crippen molar-refractivity contribution in [2.45, 2.75) is 56.5 Å². The van der Waals surface area contributed by atoms with Crippen LogP contribution >= 0.6 is 23.1 Å². The van der Waals surface area contributed by atoms with Crippen LogP contribution in [0.15, 0.2) is 34.2 Å². The molecule has 0 amide bonds. The average molecular weight is 417 g/mol. The Morgan fingerprint density at radius 2 is 2.00 bits per heavy atom. The number of rotatable bonds is 4. The minimum Gasteiger partial charge on any atom is -0.298 e. The highest BCUT2D eigenvalue weighted by atomic mass is 32.2. The summed E-state index contributed by atoms with van der Waals surface area (Å²) in [5.74, 6) is -0.0523. The lowest BCUT2D eigenvalue weighted by molar-refractivity contribution is -0.119. The molecule has 0 saturated heterocycles. The first-order chi connectivity index (χ1) is 13.5. The summed E-state index contributed by atoms with van der Waals surface area (Å²) < 4.78 is 15.0.